The van der Waals surface area contributed by atoms with Crippen LogP contribution in [-0.2, 0) is 17.8 Å². The normalized spacial score (nSPS) is 15.1. The number of carbonyl (C=O) groups excluding carboxylic acids is 1. The Kier molecular flexibility index (Phi) is 5.18. The molecule has 27 heavy (non-hydrogen) atoms. The predicted octanol–water partition coefficient (Wildman–Crippen LogP) is 2.93. The molecule has 0 unspecified atom stereocenters. The van der Waals surface area contributed by atoms with E-state index in [0.29, 0.717) is 18.7 Å². The Balaban J connectivity index is 1.44. The van der Waals surface area contributed by atoms with E-state index in [1.165, 1.54) is 0 Å². The van der Waals surface area contributed by atoms with Gasteiger partial charge in [-0.3, -0.25) is 14.7 Å². The van der Waals surface area contributed by atoms with Crippen LogP contribution in [0.4, 0.5) is 0 Å². The van der Waals surface area contributed by atoms with Crippen molar-refractivity contribution in [2.24, 2.45) is 0 Å². The van der Waals surface area contributed by atoms with Crippen LogP contribution in [0.1, 0.15) is 21.7 Å². The summed E-state index contributed by atoms with van der Waals surface area (Å²) in [5.41, 5.74) is 1.69. The lowest BCUT2D eigenvalue weighted by molar-refractivity contribution is 0.0313. The fourth-order valence-electron chi connectivity index (χ4n) is 3.43. The number of hydrogen-bond acceptors (Lipinski definition) is 5. The number of fused-ring (bicyclic) bond motifs is 1. The number of morpholine rings is 1. The molecule has 2 aromatic heterocycles. The van der Waals surface area contributed by atoms with Crippen molar-refractivity contribution in [3.8, 4) is 0 Å². The van der Waals surface area contributed by atoms with Crippen molar-refractivity contribution >= 4 is 16.7 Å². The molecule has 0 N–H and O–H groups in total. The molecule has 1 saturated heterocycles. The molecule has 0 atom stereocenters. The summed E-state index contributed by atoms with van der Waals surface area (Å²) in [6, 6.07) is 9.91. The molecule has 4 rings (SSSR count). The van der Waals surface area contributed by atoms with Gasteiger partial charge in [-0.2, -0.15) is 0 Å². The van der Waals surface area contributed by atoms with Crippen LogP contribution in [0, 0.1) is 0 Å². The summed E-state index contributed by atoms with van der Waals surface area (Å²) in [5.74, 6) is 0.767. The standard InChI is InChI=1S/C21H23N3O3/c1-23(13-17-4-2-3-16-12-22-6-5-20(16)17)21(25)18-11-19(27-15-18)14-24-7-9-26-10-8-24/h2-6,11-12,15H,7-10,13-14H2,1H3. The van der Waals surface area contributed by atoms with Gasteiger partial charge in [-0.15, -0.1) is 0 Å². The molecule has 1 fully saturated rings. The Labute approximate surface area is 158 Å². The first-order chi connectivity index (χ1) is 13.2. The van der Waals surface area contributed by atoms with Crippen molar-refractivity contribution in [1.29, 1.82) is 0 Å². The van der Waals surface area contributed by atoms with Crippen LogP contribution in [0.25, 0.3) is 10.8 Å². The zero-order valence-corrected chi connectivity index (χ0v) is 15.4. The number of carbonyl (C=O) groups is 1. The molecular weight excluding hydrogens is 342 g/mol. The highest BCUT2D eigenvalue weighted by molar-refractivity contribution is 5.94. The lowest BCUT2D eigenvalue weighted by atomic mass is 10.1. The maximum absolute atomic E-state index is 12.8. The van der Waals surface area contributed by atoms with Gasteiger partial charge in [-0.1, -0.05) is 18.2 Å². The molecule has 0 saturated carbocycles. The highest BCUT2D eigenvalue weighted by Crippen LogP contribution is 2.20. The summed E-state index contributed by atoms with van der Waals surface area (Å²) >= 11 is 0. The Bertz CT molecular complexity index is 926. The molecule has 140 valence electrons. The van der Waals surface area contributed by atoms with Gasteiger partial charge in [0.1, 0.15) is 12.0 Å². The molecule has 0 aliphatic carbocycles. The number of aromatic nitrogens is 1. The first-order valence-electron chi connectivity index (χ1n) is 9.15. The van der Waals surface area contributed by atoms with E-state index in [1.807, 2.05) is 43.6 Å². The second-order valence-corrected chi connectivity index (χ2v) is 6.87. The Hall–Kier alpha value is -2.70. The minimum absolute atomic E-state index is 0.0435. The average Bonchev–Trinajstić information content (AvgIpc) is 3.17. The predicted molar refractivity (Wildman–Crippen MR) is 102 cm³/mol. The zero-order chi connectivity index (χ0) is 18.6. The molecule has 0 bridgehead atoms. The van der Waals surface area contributed by atoms with Crippen LogP contribution in [-0.4, -0.2) is 54.0 Å². The molecule has 1 amide bonds. The summed E-state index contributed by atoms with van der Waals surface area (Å²) < 4.78 is 11.0. The monoisotopic (exact) mass is 365 g/mol. The van der Waals surface area contributed by atoms with Crippen molar-refractivity contribution in [1.82, 2.24) is 14.8 Å². The number of ether oxygens (including phenoxy) is 1. The van der Waals surface area contributed by atoms with Gasteiger partial charge in [0.2, 0.25) is 0 Å². The fourth-order valence-corrected chi connectivity index (χ4v) is 3.43. The van der Waals surface area contributed by atoms with E-state index in [0.717, 1.165) is 48.4 Å². The highest BCUT2D eigenvalue weighted by atomic mass is 16.5. The lowest BCUT2D eigenvalue weighted by Gasteiger charge is -2.25. The maximum Gasteiger partial charge on any atom is 0.257 e. The number of benzene rings is 1. The first-order valence-corrected chi connectivity index (χ1v) is 9.15. The van der Waals surface area contributed by atoms with E-state index in [-0.39, 0.29) is 5.91 Å². The maximum atomic E-state index is 12.8. The van der Waals surface area contributed by atoms with Crippen molar-refractivity contribution in [2.45, 2.75) is 13.1 Å². The smallest absolute Gasteiger partial charge is 0.257 e. The molecule has 6 heteroatoms. The van der Waals surface area contributed by atoms with Crippen LogP contribution < -0.4 is 0 Å². The quantitative estimate of drug-likeness (QED) is 0.696. The van der Waals surface area contributed by atoms with E-state index in [4.69, 9.17) is 9.15 Å². The zero-order valence-electron chi connectivity index (χ0n) is 15.4. The van der Waals surface area contributed by atoms with Crippen LogP contribution in [0.3, 0.4) is 0 Å². The Morgan fingerprint density at radius 1 is 1.26 bits per heavy atom. The topological polar surface area (TPSA) is 58.8 Å². The van der Waals surface area contributed by atoms with Crippen molar-refractivity contribution in [3.63, 3.8) is 0 Å². The number of hydrogen-bond donors (Lipinski definition) is 0. The van der Waals surface area contributed by atoms with Crippen molar-refractivity contribution in [2.75, 3.05) is 33.4 Å². The minimum Gasteiger partial charge on any atom is -0.467 e. The molecule has 1 aliphatic heterocycles. The SMILES string of the molecule is CN(Cc1cccc2cnccc12)C(=O)c1coc(CN2CCOCC2)c1. The molecule has 0 radical (unpaired) electrons. The largest absolute Gasteiger partial charge is 0.467 e. The van der Waals surface area contributed by atoms with Crippen LogP contribution in [0.15, 0.2) is 53.4 Å². The third-order valence-electron chi connectivity index (χ3n) is 4.91. The van der Waals surface area contributed by atoms with Crippen LogP contribution in [0.2, 0.25) is 0 Å². The molecule has 1 aliphatic rings. The second kappa shape index (κ2) is 7.90. The first kappa shape index (κ1) is 17.7. The third-order valence-corrected chi connectivity index (χ3v) is 4.91. The van der Waals surface area contributed by atoms with Gasteiger partial charge in [0.25, 0.3) is 5.91 Å². The molecule has 0 spiro atoms. The van der Waals surface area contributed by atoms with Crippen LogP contribution in [0.5, 0.6) is 0 Å². The molecular formula is C21H23N3O3. The van der Waals surface area contributed by atoms with Gasteiger partial charge in [-0.25, -0.2) is 0 Å². The van der Waals surface area contributed by atoms with Gasteiger partial charge >= 0.3 is 0 Å². The van der Waals surface area contributed by atoms with E-state index in [1.54, 1.807) is 17.4 Å². The van der Waals surface area contributed by atoms with Gasteiger partial charge in [-0.05, 0) is 23.1 Å². The van der Waals surface area contributed by atoms with E-state index < -0.39 is 0 Å². The summed E-state index contributed by atoms with van der Waals surface area (Å²) in [6.07, 6.45) is 5.18. The van der Waals surface area contributed by atoms with E-state index >= 15 is 0 Å². The van der Waals surface area contributed by atoms with Crippen molar-refractivity contribution < 1.29 is 13.9 Å². The van der Waals surface area contributed by atoms with E-state index in [2.05, 4.69) is 9.88 Å². The molecule has 3 aromatic rings. The van der Waals surface area contributed by atoms with Crippen molar-refractivity contribution in [3.05, 3.63) is 65.9 Å². The van der Waals surface area contributed by atoms with E-state index in [9.17, 15) is 4.79 Å². The number of nitrogens with zero attached hydrogens (tertiary/aromatic N) is 3. The molecule has 6 nitrogen and oxygen atoms in total. The minimum atomic E-state index is -0.0435. The number of amides is 1. The summed E-state index contributed by atoms with van der Waals surface area (Å²) in [6.45, 7) is 4.51. The molecule has 3 heterocycles. The summed E-state index contributed by atoms with van der Waals surface area (Å²) in [4.78, 5) is 21.0. The van der Waals surface area contributed by atoms with Gasteiger partial charge in [0, 0.05) is 44.5 Å². The number of pyridine rings is 1. The number of rotatable bonds is 5. The highest BCUT2D eigenvalue weighted by Gasteiger charge is 2.18. The lowest BCUT2D eigenvalue weighted by Crippen LogP contribution is -2.35. The van der Waals surface area contributed by atoms with Gasteiger partial charge in [0.05, 0.1) is 25.3 Å². The number of furan rings is 1. The fraction of sp³-hybridized carbons (Fsp3) is 0.333. The van der Waals surface area contributed by atoms with Crippen LogP contribution >= 0.6 is 0 Å². The summed E-state index contributed by atoms with van der Waals surface area (Å²) in [7, 11) is 1.82. The summed E-state index contributed by atoms with van der Waals surface area (Å²) in [5, 5.41) is 2.19. The Morgan fingerprint density at radius 3 is 2.96 bits per heavy atom. The average molecular weight is 365 g/mol. The molecule has 1 aromatic carbocycles. The van der Waals surface area contributed by atoms with Gasteiger partial charge < -0.3 is 14.1 Å². The second-order valence-electron chi connectivity index (χ2n) is 6.87. The third kappa shape index (κ3) is 4.02. The van der Waals surface area contributed by atoms with Gasteiger partial charge in [0.15, 0.2) is 0 Å². The Morgan fingerprint density at radius 2 is 2.11 bits per heavy atom.